The van der Waals surface area contributed by atoms with E-state index in [9.17, 15) is 19.8 Å². The minimum atomic E-state index is -0.0541. The number of Topliss-reactive ketones (excluding diaryl/α,β-unsaturated/α-hetero) is 2. The van der Waals surface area contributed by atoms with Crippen LogP contribution in [-0.2, 0) is 9.59 Å². The molecule has 0 atom stereocenters. The molecule has 0 saturated carbocycles. The summed E-state index contributed by atoms with van der Waals surface area (Å²) in [6.07, 6.45) is 13.0. The normalized spacial score (nSPS) is 12.8. The Morgan fingerprint density at radius 3 is 1.22 bits per heavy atom. The molecule has 36 heavy (non-hydrogen) atoms. The van der Waals surface area contributed by atoms with Gasteiger partial charge in [0.25, 0.3) is 0 Å². The summed E-state index contributed by atoms with van der Waals surface area (Å²) < 4.78 is 0. The molecule has 1 rings (SSSR count). The summed E-state index contributed by atoms with van der Waals surface area (Å²) in [6.45, 7) is 8.43. The number of hydrogen-bond acceptors (Lipinski definition) is 4. The van der Waals surface area contributed by atoms with Crippen LogP contribution in [0.15, 0.2) is 35.8 Å². The highest BCUT2D eigenvalue weighted by molar-refractivity contribution is 6.23. The summed E-state index contributed by atoms with van der Waals surface area (Å²) in [5, 5.41) is 22.0. The molecule has 0 spiro atoms. The number of aliphatic hydroxyl groups excluding tert-OH is 2. The number of hydrogen-bond donors (Lipinski definition) is 2. The molecule has 0 bridgehead atoms. The minimum Gasteiger partial charge on any atom is -0.512 e. The molecule has 0 aliphatic carbocycles. The van der Waals surface area contributed by atoms with Gasteiger partial charge in [-0.1, -0.05) is 97.3 Å². The van der Waals surface area contributed by atoms with Crippen molar-refractivity contribution in [1.82, 2.24) is 0 Å². The standard InChI is InChI=1S/C32H50O4/c1-5-9-13-20-27(33)31(28(34)21-14-10-6-2)25-18-17-19-26(24-25)32(29(35)22-15-11-7-3)30(36)23-16-12-8-4/h17-19,24,33,35H,5-16,20-23H2,1-4H3/b31-27-,32-29-. The van der Waals surface area contributed by atoms with Gasteiger partial charge in [-0.15, -0.1) is 0 Å². The number of carbonyl (C=O) groups is 2. The molecule has 4 heteroatoms. The predicted octanol–water partition coefficient (Wildman–Crippen LogP) is 9.68. The molecule has 0 aliphatic heterocycles. The van der Waals surface area contributed by atoms with Crippen molar-refractivity contribution < 1.29 is 19.8 Å². The van der Waals surface area contributed by atoms with Crippen molar-refractivity contribution >= 4 is 22.7 Å². The Morgan fingerprint density at radius 2 is 0.889 bits per heavy atom. The highest BCUT2D eigenvalue weighted by atomic mass is 16.3. The van der Waals surface area contributed by atoms with Gasteiger partial charge in [0.1, 0.15) is 11.5 Å². The lowest BCUT2D eigenvalue weighted by Crippen LogP contribution is -2.09. The van der Waals surface area contributed by atoms with E-state index in [1.807, 2.05) is 24.3 Å². The Bertz CT molecular complexity index is 795. The number of allylic oxidation sites excluding steroid dienone is 4. The second-order valence-corrected chi connectivity index (χ2v) is 9.90. The zero-order valence-corrected chi connectivity index (χ0v) is 23.3. The van der Waals surface area contributed by atoms with E-state index in [1.54, 1.807) is 0 Å². The smallest absolute Gasteiger partial charge is 0.166 e. The van der Waals surface area contributed by atoms with Crippen molar-refractivity contribution in [2.75, 3.05) is 0 Å². The van der Waals surface area contributed by atoms with E-state index in [0.717, 1.165) is 77.0 Å². The lowest BCUT2D eigenvalue weighted by Gasteiger charge is -2.15. The van der Waals surface area contributed by atoms with Crippen molar-refractivity contribution in [3.05, 3.63) is 46.9 Å². The third-order valence-electron chi connectivity index (χ3n) is 6.62. The van der Waals surface area contributed by atoms with Crippen LogP contribution in [0.3, 0.4) is 0 Å². The summed E-state index contributed by atoms with van der Waals surface area (Å²) in [6, 6.07) is 7.30. The largest absolute Gasteiger partial charge is 0.512 e. The van der Waals surface area contributed by atoms with Gasteiger partial charge in [0.05, 0.1) is 11.1 Å². The molecular formula is C32H50O4. The van der Waals surface area contributed by atoms with Crippen molar-refractivity contribution in [3.63, 3.8) is 0 Å². The Morgan fingerprint density at radius 1 is 0.556 bits per heavy atom. The van der Waals surface area contributed by atoms with Crippen molar-refractivity contribution in [2.24, 2.45) is 0 Å². The summed E-state index contributed by atoms with van der Waals surface area (Å²) >= 11 is 0. The first-order valence-corrected chi connectivity index (χ1v) is 14.4. The van der Waals surface area contributed by atoms with E-state index in [-0.39, 0.29) is 23.1 Å². The minimum absolute atomic E-state index is 0.0541. The molecule has 0 amide bonds. The molecule has 2 N–H and O–H groups in total. The van der Waals surface area contributed by atoms with Crippen LogP contribution in [0.2, 0.25) is 0 Å². The zero-order valence-electron chi connectivity index (χ0n) is 23.3. The first kappa shape index (κ1) is 31.7. The van der Waals surface area contributed by atoms with Gasteiger partial charge < -0.3 is 10.2 Å². The quantitative estimate of drug-likeness (QED) is 0.107. The molecule has 0 aliphatic rings. The van der Waals surface area contributed by atoms with Crippen LogP contribution in [0, 0.1) is 0 Å². The fourth-order valence-electron chi connectivity index (χ4n) is 4.46. The average molecular weight is 499 g/mol. The second kappa shape index (κ2) is 18.8. The van der Waals surface area contributed by atoms with Crippen LogP contribution in [0.5, 0.6) is 0 Å². The molecule has 0 fully saturated rings. The predicted molar refractivity (Wildman–Crippen MR) is 152 cm³/mol. The van der Waals surface area contributed by atoms with E-state index >= 15 is 0 Å². The maximum Gasteiger partial charge on any atom is 0.166 e. The molecule has 0 aromatic heterocycles. The fraction of sp³-hybridized carbons (Fsp3) is 0.625. The monoisotopic (exact) mass is 498 g/mol. The molecule has 0 heterocycles. The van der Waals surface area contributed by atoms with E-state index < -0.39 is 0 Å². The molecule has 1 aromatic rings. The van der Waals surface area contributed by atoms with Gasteiger partial charge in [-0.25, -0.2) is 0 Å². The van der Waals surface area contributed by atoms with E-state index in [2.05, 4.69) is 27.7 Å². The van der Waals surface area contributed by atoms with Crippen LogP contribution in [0.25, 0.3) is 11.1 Å². The summed E-state index contributed by atoms with van der Waals surface area (Å²) in [4.78, 5) is 26.5. The molecular weight excluding hydrogens is 448 g/mol. The Kier molecular flexibility index (Phi) is 16.6. The zero-order chi connectivity index (χ0) is 26.8. The van der Waals surface area contributed by atoms with Gasteiger partial charge in [-0.3, -0.25) is 9.59 Å². The number of carbonyl (C=O) groups excluding carboxylic acids is 2. The lowest BCUT2D eigenvalue weighted by atomic mass is 9.90. The van der Waals surface area contributed by atoms with E-state index in [4.69, 9.17) is 0 Å². The van der Waals surface area contributed by atoms with Gasteiger partial charge >= 0.3 is 0 Å². The Balaban J connectivity index is 3.45. The first-order chi connectivity index (χ1) is 17.4. The van der Waals surface area contributed by atoms with Crippen LogP contribution in [0.4, 0.5) is 0 Å². The third kappa shape index (κ3) is 11.1. The molecule has 202 valence electrons. The van der Waals surface area contributed by atoms with Crippen molar-refractivity contribution in [2.45, 2.75) is 130 Å². The van der Waals surface area contributed by atoms with Crippen LogP contribution in [-0.4, -0.2) is 21.8 Å². The second-order valence-electron chi connectivity index (χ2n) is 9.90. The summed E-state index contributed by atoms with van der Waals surface area (Å²) in [5.41, 5.74) is 1.99. The van der Waals surface area contributed by atoms with Gasteiger partial charge in [0.2, 0.25) is 0 Å². The first-order valence-electron chi connectivity index (χ1n) is 14.4. The topological polar surface area (TPSA) is 74.6 Å². The van der Waals surface area contributed by atoms with Crippen LogP contribution in [0.1, 0.15) is 142 Å². The highest BCUT2D eigenvalue weighted by Gasteiger charge is 2.21. The Labute approximate surface area is 219 Å². The van der Waals surface area contributed by atoms with E-state index in [1.165, 1.54) is 0 Å². The van der Waals surface area contributed by atoms with Crippen molar-refractivity contribution in [3.8, 4) is 0 Å². The number of aliphatic hydroxyl groups is 2. The molecule has 0 radical (unpaired) electrons. The van der Waals surface area contributed by atoms with Crippen molar-refractivity contribution in [1.29, 1.82) is 0 Å². The maximum atomic E-state index is 13.2. The number of rotatable bonds is 20. The highest BCUT2D eigenvalue weighted by Crippen LogP contribution is 2.30. The molecule has 4 nitrogen and oxygen atoms in total. The molecule has 0 unspecified atom stereocenters. The van der Waals surface area contributed by atoms with Crippen LogP contribution >= 0.6 is 0 Å². The average Bonchev–Trinajstić information content (AvgIpc) is 2.85. The molecule has 0 saturated heterocycles. The van der Waals surface area contributed by atoms with Gasteiger partial charge in [-0.05, 0) is 42.9 Å². The summed E-state index contributed by atoms with van der Waals surface area (Å²) in [7, 11) is 0. The fourth-order valence-corrected chi connectivity index (χ4v) is 4.46. The maximum absolute atomic E-state index is 13.2. The van der Waals surface area contributed by atoms with E-state index in [0.29, 0.717) is 48.0 Å². The number of ketones is 2. The SMILES string of the molecule is CCCCCC(=O)/C(=C(\O)CCCCC)c1cccc(/C(C(=O)CCCCC)=C(/O)CCCCC)c1. The van der Waals surface area contributed by atoms with Gasteiger partial charge in [-0.2, -0.15) is 0 Å². The van der Waals surface area contributed by atoms with Gasteiger partial charge in [0.15, 0.2) is 11.6 Å². The Hall–Kier alpha value is -2.36. The van der Waals surface area contributed by atoms with Gasteiger partial charge in [0, 0.05) is 25.7 Å². The number of benzene rings is 1. The summed E-state index contributed by atoms with van der Waals surface area (Å²) in [5.74, 6) is 0.159. The number of unbranched alkanes of at least 4 members (excludes halogenated alkanes) is 8. The molecule has 1 aromatic carbocycles. The van der Waals surface area contributed by atoms with Crippen LogP contribution < -0.4 is 0 Å². The lowest BCUT2D eigenvalue weighted by molar-refractivity contribution is -0.114. The third-order valence-corrected chi connectivity index (χ3v) is 6.62.